The van der Waals surface area contributed by atoms with Crippen molar-refractivity contribution in [1.29, 1.82) is 0 Å². The summed E-state index contributed by atoms with van der Waals surface area (Å²) in [6.07, 6.45) is 1.57. The zero-order valence-corrected chi connectivity index (χ0v) is 12.7. The smallest absolute Gasteiger partial charge is 0.308 e. The normalized spacial score (nSPS) is 18.2. The molecule has 2 aromatic rings. The Kier molecular flexibility index (Phi) is 4.24. The summed E-state index contributed by atoms with van der Waals surface area (Å²) in [5.41, 5.74) is 1.55. The molecule has 1 aromatic heterocycles. The molecule has 114 valence electrons. The first kappa shape index (κ1) is 14.8. The molecule has 6 heteroatoms. The number of carboxylic acids is 1. The van der Waals surface area contributed by atoms with Gasteiger partial charge in [0.1, 0.15) is 0 Å². The van der Waals surface area contributed by atoms with Crippen LogP contribution in [0.1, 0.15) is 12.8 Å². The monoisotopic (exact) mass is 317 g/mol. The highest BCUT2D eigenvalue weighted by Crippen LogP contribution is 2.27. The van der Waals surface area contributed by atoms with E-state index in [0.717, 1.165) is 24.9 Å². The Balaban J connectivity index is 1.80. The van der Waals surface area contributed by atoms with E-state index < -0.39 is 5.97 Å². The molecule has 0 radical (unpaired) electrons. The van der Waals surface area contributed by atoms with Crippen LogP contribution in [-0.2, 0) is 4.79 Å². The van der Waals surface area contributed by atoms with Gasteiger partial charge < -0.3 is 10.0 Å². The lowest BCUT2D eigenvalue weighted by Gasteiger charge is -2.31. The molecule has 0 amide bonds. The van der Waals surface area contributed by atoms with E-state index in [9.17, 15) is 4.79 Å². The average molecular weight is 318 g/mol. The van der Waals surface area contributed by atoms with Crippen LogP contribution in [0.5, 0.6) is 0 Å². The van der Waals surface area contributed by atoms with Crippen LogP contribution in [0.2, 0.25) is 5.02 Å². The maximum Gasteiger partial charge on any atom is 0.308 e. The van der Waals surface area contributed by atoms with E-state index in [2.05, 4.69) is 10.2 Å². The highest BCUT2D eigenvalue weighted by molar-refractivity contribution is 6.33. The van der Waals surface area contributed by atoms with E-state index in [1.807, 2.05) is 41.3 Å². The van der Waals surface area contributed by atoms with Gasteiger partial charge in [-0.2, -0.15) is 0 Å². The molecule has 1 fully saturated rings. The molecule has 1 aliphatic rings. The number of rotatable bonds is 3. The first-order chi connectivity index (χ1) is 10.6. The van der Waals surface area contributed by atoms with Crippen molar-refractivity contribution in [2.24, 2.45) is 5.92 Å². The second-order valence-electron chi connectivity index (χ2n) is 5.38. The molecule has 1 N–H and O–H groups in total. The van der Waals surface area contributed by atoms with Gasteiger partial charge in [0, 0.05) is 18.7 Å². The molecule has 1 atom stereocenters. The van der Waals surface area contributed by atoms with Gasteiger partial charge in [0.25, 0.3) is 0 Å². The van der Waals surface area contributed by atoms with Crippen LogP contribution in [0.25, 0.3) is 11.3 Å². The molecular weight excluding hydrogens is 302 g/mol. The third-order valence-electron chi connectivity index (χ3n) is 3.89. The van der Waals surface area contributed by atoms with Gasteiger partial charge in [0.05, 0.1) is 16.6 Å². The number of benzene rings is 1. The summed E-state index contributed by atoms with van der Waals surface area (Å²) in [5.74, 6) is -0.370. The van der Waals surface area contributed by atoms with Crippen LogP contribution in [0.15, 0.2) is 36.4 Å². The number of aliphatic carboxylic acids is 1. The third-order valence-corrected chi connectivity index (χ3v) is 4.22. The van der Waals surface area contributed by atoms with E-state index >= 15 is 0 Å². The highest BCUT2D eigenvalue weighted by Gasteiger charge is 2.26. The minimum atomic E-state index is -0.745. The molecule has 1 unspecified atom stereocenters. The maximum atomic E-state index is 11.1. The van der Waals surface area contributed by atoms with Crippen LogP contribution in [0, 0.1) is 5.92 Å². The predicted molar refractivity (Wildman–Crippen MR) is 85.1 cm³/mol. The summed E-state index contributed by atoms with van der Waals surface area (Å²) < 4.78 is 0. The number of halogens is 1. The van der Waals surface area contributed by atoms with Gasteiger partial charge in [-0.3, -0.25) is 4.79 Å². The number of piperidine rings is 1. The van der Waals surface area contributed by atoms with E-state index in [0.29, 0.717) is 23.1 Å². The summed E-state index contributed by atoms with van der Waals surface area (Å²) in [6, 6.07) is 11.2. The van der Waals surface area contributed by atoms with E-state index in [-0.39, 0.29) is 5.92 Å². The van der Waals surface area contributed by atoms with Crippen molar-refractivity contribution in [2.75, 3.05) is 18.0 Å². The number of aromatic nitrogens is 2. The predicted octanol–water partition coefficient (Wildman–Crippen LogP) is 3.10. The molecule has 0 spiro atoms. The maximum absolute atomic E-state index is 11.1. The lowest BCUT2D eigenvalue weighted by Crippen LogP contribution is -2.39. The first-order valence-electron chi connectivity index (χ1n) is 7.21. The first-order valence-corrected chi connectivity index (χ1v) is 7.59. The van der Waals surface area contributed by atoms with Gasteiger partial charge in [0.2, 0.25) is 0 Å². The summed E-state index contributed by atoms with van der Waals surface area (Å²) in [7, 11) is 0. The molecule has 2 heterocycles. The Morgan fingerprint density at radius 3 is 2.73 bits per heavy atom. The Labute approximate surface area is 133 Å². The van der Waals surface area contributed by atoms with Gasteiger partial charge in [-0.1, -0.05) is 29.8 Å². The van der Waals surface area contributed by atoms with Crippen molar-refractivity contribution in [3.63, 3.8) is 0 Å². The Morgan fingerprint density at radius 1 is 1.23 bits per heavy atom. The largest absolute Gasteiger partial charge is 0.481 e. The Bertz CT molecular complexity index is 675. The van der Waals surface area contributed by atoms with Crippen LogP contribution in [0.3, 0.4) is 0 Å². The van der Waals surface area contributed by atoms with Gasteiger partial charge in [-0.25, -0.2) is 0 Å². The second kappa shape index (κ2) is 6.32. The van der Waals surface area contributed by atoms with Gasteiger partial charge in [0.15, 0.2) is 5.82 Å². The number of carbonyl (C=O) groups is 1. The van der Waals surface area contributed by atoms with Crippen LogP contribution in [-0.4, -0.2) is 34.4 Å². The fourth-order valence-corrected chi connectivity index (χ4v) is 2.93. The fraction of sp³-hybridized carbons (Fsp3) is 0.312. The number of hydrogen-bond donors (Lipinski definition) is 1. The number of hydrogen-bond acceptors (Lipinski definition) is 4. The minimum Gasteiger partial charge on any atom is -0.481 e. The fourth-order valence-electron chi connectivity index (χ4n) is 2.69. The molecule has 5 nitrogen and oxygen atoms in total. The summed E-state index contributed by atoms with van der Waals surface area (Å²) in [5, 5.41) is 18.3. The number of nitrogens with zero attached hydrogens (tertiary/aromatic N) is 3. The van der Waals surface area contributed by atoms with Crippen molar-refractivity contribution in [2.45, 2.75) is 12.8 Å². The number of carboxylic acid groups (broad SMARTS) is 1. The van der Waals surface area contributed by atoms with Crippen LogP contribution in [0.4, 0.5) is 5.82 Å². The topological polar surface area (TPSA) is 66.3 Å². The lowest BCUT2D eigenvalue weighted by molar-refractivity contribution is -0.141. The van der Waals surface area contributed by atoms with Crippen LogP contribution < -0.4 is 4.90 Å². The summed E-state index contributed by atoms with van der Waals surface area (Å²) in [4.78, 5) is 13.1. The number of anilines is 1. The molecule has 0 bridgehead atoms. The minimum absolute atomic E-state index is 0.334. The molecule has 1 saturated heterocycles. The molecule has 1 aromatic carbocycles. The molecular formula is C16H16ClN3O2. The van der Waals surface area contributed by atoms with E-state index in [1.165, 1.54) is 0 Å². The van der Waals surface area contributed by atoms with Crippen molar-refractivity contribution in [3.8, 4) is 11.3 Å². The van der Waals surface area contributed by atoms with Crippen molar-refractivity contribution < 1.29 is 9.90 Å². The Morgan fingerprint density at radius 2 is 2.05 bits per heavy atom. The summed E-state index contributed by atoms with van der Waals surface area (Å²) in [6.45, 7) is 1.29. The SMILES string of the molecule is O=C(O)C1CCCN(c2ccc(-c3ccccc3Cl)nn2)C1. The zero-order chi connectivity index (χ0) is 15.5. The van der Waals surface area contributed by atoms with Gasteiger partial charge >= 0.3 is 5.97 Å². The van der Waals surface area contributed by atoms with Crippen molar-refractivity contribution in [3.05, 3.63) is 41.4 Å². The van der Waals surface area contributed by atoms with Crippen molar-refractivity contribution >= 4 is 23.4 Å². The van der Waals surface area contributed by atoms with E-state index in [1.54, 1.807) is 0 Å². The van der Waals surface area contributed by atoms with Crippen molar-refractivity contribution in [1.82, 2.24) is 10.2 Å². The Hall–Kier alpha value is -2.14. The standard InChI is InChI=1S/C16H16ClN3O2/c17-13-6-2-1-5-12(13)14-7-8-15(19-18-14)20-9-3-4-11(10-20)16(21)22/h1-2,5-8,11H,3-4,9-10H2,(H,21,22). The zero-order valence-electron chi connectivity index (χ0n) is 11.9. The van der Waals surface area contributed by atoms with E-state index in [4.69, 9.17) is 16.7 Å². The third kappa shape index (κ3) is 3.04. The summed E-state index contributed by atoms with van der Waals surface area (Å²) >= 11 is 6.16. The highest BCUT2D eigenvalue weighted by atomic mass is 35.5. The molecule has 0 aliphatic carbocycles. The van der Waals surface area contributed by atoms with Gasteiger partial charge in [-0.05, 0) is 31.0 Å². The molecule has 22 heavy (non-hydrogen) atoms. The van der Waals surface area contributed by atoms with Gasteiger partial charge in [-0.15, -0.1) is 10.2 Å². The molecule has 0 saturated carbocycles. The average Bonchev–Trinajstić information content (AvgIpc) is 2.56. The van der Waals surface area contributed by atoms with Crippen LogP contribution >= 0.6 is 11.6 Å². The molecule has 1 aliphatic heterocycles. The quantitative estimate of drug-likeness (QED) is 0.942. The second-order valence-corrected chi connectivity index (χ2v) is 5.79. The molecule has 3 rings (SSSR count). The lowest BCUT2D eigenvalue weighted by atomic mass is 9.98.